The fraction of sp³-hybridized carbons (Fsp3) is 0.467. The van der Waals surface area contributed by atoms with Crippen LogP contribution >= 0.6 is 0 Å². The van der Waals surface area contributed by atoms with Gasteiger partial charge in [0.2, 0.25) is 5.91 Å². The molecule has 2 amide bonds. The van der Waals surface area contributed by atoms with Crippen molar-refractivity contribution in [2.24, 2.45) is 0 Å². The Hall–Kier alpha value is -2.24. The first-order chi connectivity index (χ1) is 10.1. The van der Waals surface area contributed by atoms with Gasteiger partial charge in [0.25, 0.3) is 5.91 Å². The van der Waals surface area contributed by atoms with Gasteiger partial charge in [0, 0.05) is 25.2 Å². The first-order valence-electron chi connectivity index (χ1n) is 7.30. The first kappa shape index (κ1) is 15.2. The van der Waals surface area contributed by atoms with E-state index in [2.05, 4.69) is 10.6 Å². The minimum Gasteiger partial charge on any atom is -0.397 e. The number of amides is 2. The van der Waals surface area contributed by atoms with Gasteiger partial charge in [-0.1, -0.05) is 6.92 Å². The van der Waals surface area contributed by atoms with Crippen molar-refractivity contribution in [3.05, 3.63) is 23.8 Å². The SMILES string of the molecule is CCNC(=O)c1ccc(N)c(N2CCNC(=O)C2CC)c1. The smallest absolute Gasteiger partial charge is 0.251 e. The molecule has 1 aliphatic rings. The lowest BCUT2D eigenvalue weighted by Gasteiger charge is -2.37. The van der Waals surface area contributed by atoms with Crippen LogP contribution in [0.25, 0.3) is 0 Å². The third-order valence-electron chi connectivity index (χ3n) is 3.66. The fourth-order valence-electron chi connectivity index (χ4n) is 2.61. The molecule has 1 atom stereocenters. The molecule has 1 saturated heterocycles. The van der Waals surface area contributed by atoms with Gasteiger partial charge in [-0.2, -0.15) is 0 Å². The number of rotatable bonds is 4. The van der Waals surface area contributed by atoms with Crippen LogP contribution in [-0.2, 0) is 4.79 Å². The summed E-state index contributed by atoms with van der Waals surface area (Å²) in [5.74, 6) is -0.125. The molecule has 0 aromatic heterocycles. The van der Waals surface area contributed by atoms with Crippen molar-refractivity contribution in [2.45, 2.75) is 26.3 Å². The summed E-state index contributed by atoms with van der Waals surface area (Å²) in [5.41, 5.74) is 7.94. The number of benzene rings is 1. The van der Waals surface area contributed by atoms with Crippen molar-refractivity contribution in [1.29, 1.82) is 0 Å². The lowest BCUT2D eigenvalue weighted by molar-refractivity contribution is -0.123. The molecule has 1 unspecified atom stereocenters. The maximum absolute atomic E-state index is 12.0. The molecule has 21 heavy (non-hydrogen) atoms. The third kappa shape index (κ3) is 3.09. The van der Waals surface area contributed by atoms with E-state index in [-0.39, 0.29) is 17.9 Å². The molecule has 6 heteroatoms. The van der Waals surface area contributed by atoms with Crippen molar-refractivity contribution in [1.82, 2.24) is 10.6 Å². The van der Waals surface area contributed by atoms with E-state index in [1.807, 2.05) is 18.7 Å². The Kier molecular flexibility index (Phi) is 4.67. The highest BCUT2D eigenvalue weighted by Gasteiger charge is 2.29. The van der Waals surface area contributed by atoms with Crippen LogP contribution in [0, 0.1) is 0 Å². The van der Waals surface area contributed by atoms with Gasteiger partial charge in [-0.05, 0) is 31.5 Å². The number of hydrogen-bond acceptors (Lipinski definition) is 4. The number of nitrogens with one attached hydrogen (secondary N) is 2. The highest BCUT2D eigenvalue weighted by molar-refractivity contribution is 5.97. The Morgan fingerprint density at radius 1 is 1.48 bits per heavy atom. The van der Waals surface area contributed by atoms with Gasteiger partial charge in [0.05, 0.1) is 11.4 Å². The zero-order valence-corrected chi connectivity index (χ0v) is 12.5. The molecular weight excluding hydrogens is 268 g/mol. The van der Waals surface area contributed by atoms with E-state index in [1.54, 1.807) is 18.2 Å². The Morgan fingerprint density at radius 3 is 2.90 bits per heavy atom. The summed E-state index contributed by atoms with van der Waals surface area (Å²) in [6.07, 6.45) is 0.691. The summed E-state index contributed by atoms with van der Waals surface area (Å²) in [4.78, 5) is 25.9. The van der Waals surface area contributed by atoms with E-state index in [9.17, 15) is 9.59 Å². The van der Waals surface area contributed by atoms with Crippen LogP contribution in [0.15, 0.2) is 18.2 Å². The average Bonchev–Trinajstić information content (AvgIpc) is 2.47. The van der Waals surface area contributed by atoms with E-state index in [1.165, 1.54) is 0 Å². The van der Waals surface area contributed by atoms with Crippen molar-refractivity contribution in [3.8, 4) is 0 Å². The number of hydrogen-bond donors (Lipinski definition) is 3. The first-order valence-corrected chi connectivity index (χ1v) is 7.30. The predicted octanol–water partition coefficient (Wildman–Crippen LogP) is 0.733. The van der Waals surface area contributed by atoms with Crippen molar-refractivity contribution >= 4 is 23.2 Å². The maximum atomic E-state index is 12.0. The van der Waals surface area contributed by atoms with Crippen LogP contribution in [-0.4, -0.2) is 37.5 Å². The molecule has 0 aliphatic carbocycles. The van der Waals surface area contributed by atoms with Gasteiger partial charge >= 0.3 is 0 Å². The second-order valence-corrected chi connectivity index (χ2v) is 5.04. The van der Waals surface area contributed by atoms with Crippen LogP contribution in [0.2, 0.25) is 0 Å². The van der Waals surface area contributed by atoms with E-state index in [0.717, 1.165) is 5.69 Å². The molecule has 1 aromatic rings. The molecule has 1 heterocycles. The van der Waals surface area contributed by atoms with Gasteiger partial charge < -0.3 is 21.3 Å². The van der Waals surface area contributed by atoms with Crippen LogP contribution < -0.4 is 21.3 Å². The molecule has 1 fully saturated rings. The summed E-state index contributed by atoms with van der Waals surface area (Å²) in [7, 11) is 0. The number of anilines is 2. The monoisotopic (exact) mass is 290 g/mol. The summed E-state index contributed by atoms with van der Waals surface area (Å²) in [6, 6.07) is 4.95. The van der Waals surface area contributed by atoms with Gasteiger partial charge in [0.1, 0.15) is 6.04 Å². The Morgan fingerprint density at radius 2 is 2.24 bits per heavy atom. The Balaban J connectivity index is 2.35. The normalized spacial score (nSPS) is 18.3. The molecule has 0 radical (unpaired) electrons. The second-order valence-electron chi connectivity index (χ2n) is 5.04. The van der Waals surface area contributed by atoms with E-state index >= 15 is 0 Å². The third-order valence-corrected chi connectivity index (χ3v) is 3.66. The average molecular weight is 290 g/mol. The maximum Gasteiger partial charge on any atom is 0.251 e. The number of carbonyl (C=O) groups is 2. The number of nitrogens with zero attached hydrogens (tertiary/aromatic N) is 1. The van der Waals surface area contributed by atoms with Gasteiger partial charge in [0.15, 0.2) is 0 Å². The van der Waals surface area contributed by atoms with E-state index in [0.29, 0.717) is 37.3 Å². The highest BCUT2D eigenvalue weighted by Crippen LogP contribution is 2.28. The Labute approximate surface area is 124 Å². The molecule has 0 bridgehead atoms. The minimum absolute atomic E-state index is 0.00608. The van der Waals surface area contributed by atoms with Crippen LogP contribution in [0.5, 0.6) is 0 Å². The molecule has 6 nitrogen and oxygen atoms in total. The van der Waals surface area contributed by atoms with Crippen molar-refractivity contribution in [3.63, 3.8) is 0 Å². The molecule has 1 aliphatic heterocycles. The zero-order valence-electron chi connectivity index (χ0n) is 12.5. The van der Waals surface area contributed by atoms with Crippen molar-refractivity contribution < 1.29 is 9.59 Å². The molecular formula is C15H22N4O2. The van der Waals surface area contributed by atoms with E-state index in [4.69, 9.17) is 5.73 Å². The molecule has 0 saturated carbocycles. The zero-order chi connectivity index (χ0) is 15.4. The second kappa shape index (κ2) is 6.47. The topological polar surface area (TPSA) is 87.5 Å². The molecule has 2 rings (SSSR count). The number of piperazine rings is 1. The van der Waals surface area contributed by atoms with Crippen LogP contribution in [0.4, 0.5) is 11.4 Å². The summed E-state index contributed by atoms with van der Waals surface area (Å²) in [5, 5.41) is 5.63. The van der Waals surface area contributed by atoms with E-state index < -0.39 is 0 Å². The number of carbonyl (C=O) groups excluding carboxylic acids is 2. The number of nitrogen functional groups attached to an aromatic ring is 1. The van der Waals surface area contributed by atoms with Crippen LogP contribution in [0.3, 0.4) is 0 Å². The molecule has 1 aromatic carbocycles. The summed E-state index contributed by atoms with van der Waals surface area (Å²) < 4.78 is 0. The minimum atomic E-state index is -0.245. The lowest BCUT2D eigenvalue weighted by Crippen LogP contribution is -2.55. The quantitative estimate of drug-likeness (QED) is 0.714. The van der Waals surface area contributed by atoms with Gasteiger partial charge in [-0.3, -0.25) is 9.59 Å². The van der Waals surface area contributed by atoms with Crippen molar-refractivity contribution in [2.75, 3.05) is 30.3 Å². The van der Waals surface area contributed by atoms with Gasteiger partial charge in [-0.15, -0.1) is 0 Å². The number of nitrogens with two attached hydrogens (primary N) is 1. The standard InChI is InChI=1S/C15H22N4O2/c1-3-12-15(21)18-7-8-19(12)13-9-10(5-6-11(13)16)14(20)17-4-2/h5-6,9,12H,3-4,7-8,16H2,1-2H3,(H,17,20)(H,18,21). The summed E-state index contributed by atoms with van der Waals surface area (Å²) in [6.45, 7) is 5.68. The lowest BCUT2D eigenvalue weighted by atomic mass is 10.1. The Bertz CT molecular complexity index is 544. The molecule has 0 spiro atoms. The molecule has 114 valence electrons. The van der Waals surface area contributed by atoms with Gasteiger partial charge in [-0.25, -0.2) is 0 Å². The largest absolute Gasteiger partial charge is 0.397 e. The highest BCUT2D eigenvalue weighted by atomic mass is 16.2. The van der Waals surface area contributed by atoms with Crippen LogP contribution in [0.1, 0.15) is 30.6 Å². The fourth-order valence-corrected chi connectivity index (χ4v) is 2.61. The summed E-state index contributed by atoms with van der Waals surface area (Å²) >= 11 is 0. The molecule has 4 N–H and O–H groups in total. The predicted molar refractivity (Wildman–Crippen MR) is 83.3 cm³/mol.